The molecular formula is C8H7I. The van der Waals surface area contributed by atoms with Crippen molar-refractivity contribution in [1.29, 1.82) is 0 Å². The summed E-state index contributed by atoms with van der Waals surface area (Å²) in [7, 11) is 0. The van der Waals surface area contributed by atoms with Crippen LogP contribution in [0.2, 0.25) is 0 Å². The molecule has 0 saturated heterocycles. The zero-order valence-electron chi connectivity index (χ0n) is 4.97. The molecule has 1 aromatic carbocycles. The van der Waals surface area contributed by atoms with Gasteiger partial charge in [-0.25, -0.2) is 0 Å². The van der Waals surface area contributed by atoms with Gasteiger partial charge < -0.3 is 0 Å². The third kappa shape index (κ3) is 1.82. The van der Waals surface area contributed by atoms with Gasteiger partial charge in [0.15, 0.2) is 0 Å². The molecule has 1 heteroatoms. The molecule has 9 heavy (non-hydrogen) atoms. The maximum absolute atomic E-state index is 3.66. The fourth-order valence-corrected chi connectivity index (χ4v) is 0.958. The van der Waals surface area contributed by atoms with E-state index in [1.807, 2.05) is 6.08 Å². The minimum Gasteiger partial charge on any atom is -0.0985 e. The second-order valence-corrected chi connectivity index (χ2v) is 3.00. The molecular weight excluding hydrogens is 223 g/mol. The molecule has 0 aliphatic carbocycles. The molecule has 0 bridgehead atoms. The van der Waals surface area contributed by atoms with E-state index in [1.165, 1.54) is 9.13 Å². The Morgan fingerprint density at radius 2 is 1.78 bits per heavy atom. The smallest absolute Gasteiger partial charge is 0.0130 e. The Morgan fingerprint density at radius 3 is 2.22 bits per heavy atom. The van der Waals surface area contributed by atoms with E-state index in [0.29, 0.717) is 0 Å². The SMILES string of the molecule is C=Cc1ccc(I)cc1. The Bertz CT molecular complexity index is 198. The highest BCUT2D eigenvalue weighted by molar-refractivity contribution is 14.1. The predicted molar refractivity (Wildman–Crippen MR) is 49.3 cm³/mol. The van der Waals surface area contributed by atoms with Gasteiger partial charge in [0.25, 0.3) is 0 Å². The van der Waals surface area contributed by atoms with Crippen molar-refractivity contribution in [3.63, 3.8) is 0 Å². The van der Waals surface area contributed by atoms with Crippen molar-refractivity contribution in [2.75, 3.05) is 0 Å². The van der Waals surface area contributed by atoms with E-state index in [0.717, 1.165) is 0 Å². The molecule has 46 valence electrons. The van der Waals surface area contributed by atoms with Crippen molar-refractivity contribution >= 4 is 28.7 Å². The molecule has 0 radical (unpaired) electrons. The van der Waals surface area contributed by atoms with Crippen LogP contribution in [0.25, 0.3) is 6.08 Å². The lowest BCUT2D eigenvalue weighted by Gasteiger charge is -1.90. The molecule has 0 aromatic heterocycles. The van der Waals surface area contributed by atoms with Gasteiger partial charge in [-0.3, -0.25) is 0 Å². The standard InChI is InChI=1S/C8H7I/c1-2-7-3-5-8(9)6-4-7/h2-6H,1H2. The lowest BCUT2D eigenvalue weighted by Crippen LogP contribution is -1.70. The molecule has 0 aliphatic heterocycles. The van der Waals surface area contributed by atoms with E-state index < -0.39 is 0 Å². The summed E-state index contributed by atoms with van der Waals surface area (Å²) in [5.41, 5.74) is 1.18. The molecule has 1 rings (SSSR count). The fraction of sp³-hybridized carbons (Fsp3) is 0. The summed E-state index contributed by atoms with van der Waals surface area (Å²) in [5.74, 6) is 0. The van der Waals surface area contributed by atoms with E-state index in [1.54, 1.807) is 0 Å². The average molecular weight is 230 g/mol. The third-order valence-electron chi connectivity index (χ3n) is 1.11. The maximum atomic E-state index is 3.66. The van der Waals surface area contributed by atoms with Gasteiger partial charge in [0, 0.05) is 3.57 Å². The Labute approximate surface area is 68.7 Å². The molecule has 1 aromatic rings. The minimum absolute atomic E-state index is 1.18. The van der Waals surface area contributed by atoms with E-state index in [9.17, 15) is 0 Å². The quantitative estimate of drug-likeness (QED) is 0.650. The number of benzene rings is 1. The van der Waals surface area contributed by atoms with Gasteiger partial charge in [0.1, 0.15) is 0 Å². The van der Waals surface area contributed by atoms with E-state index in [-0.39, 0.29) is 0 Å². The monoisotopic (exact) mass is 230 g/mol. The summed E-state index contributed by atoms with van der Waals surface area (Å²) >= 11 is 2.28. The summed E-state index contributed by atoms with van der Waals surface area (Å²) in [6.07, 6.45) is 1.84. The lowest BCUT2D eigenvalue weighted by molar-refractivity contribution is 1.61. The van der Waals surface area contributed by atoms with Gasteiger partial charge in [-0.2, -0.15) is 0 Å². The molecule has 0 N–H and O–H groups in total. The molecule has 0 heterocycles. The van der Waals surface area contributed by atoms with Crippen molar-refractivity contribution in [3.05, 3.63) is 40.0 Å². The second-order valence-electron chi connectivity index (χ2n) is 1.76. The molecule has 0 fully saturated rings. The van der Waals surface area contributed by atoms with Crippen LogP contribution in [-0.4, -0.2) is 0 Å². The van der Waals surface area contributed by atoms with Crippen molar-refractivity contribution < 1.29 is 0 Å². The van der Waals surface area contributed by atoms with Crippen LogP contribution in [0.15, 0.2) is 30.8 Å². The first kappa shape index (κ1) is 6.81. The van der Waals surface area contributed by atoms with Crippen molar-refractivity contribution in [2.45, 2.75) is 0 Å². The Morgan fingerprint density at radius 1 is 1.22 bits per heavy atom. The summed E-state index contributed by atoms with van der Waals surface area (Å²) in [5, 5.41) is 0. The molecule has 0 nitrogen and oxygen atoms in total. The number of rotatable bonds is 1. The predicted octanol–water partition coefficient (Wildman–Crippen LogP) is 2.93. The van der Waals surface area contributed by atoms with Crippen LogP contribution >= 0.6 is 22.6 Å². The van der Waals surface area contributed by atoms with Crippen molar-refractivity contribution in [2.24, 2.45) is 0 Å². The second kappa shape index (κ2) is 3.01. The van der Waals surface area contributed by atoms with Gasteiger partial charge in [-0.15, -0.1) is 0 Å². The first-order valence-corrected chi connectivity index (χ1v) is 3.79. The highest BCUT2D eigenvalue weighted by Crippen LogP contribution is 2.06. The van der Waals surface area contributed by atoms with E-state index in [2.05, 4.69) is 53.4 Å². The lowest BCUT2D eigenvalue weighted by atomic mass is 10.2. The summed E-state index contributed by atoms with van der Waals surface area (Å²) in [6.45, 7) is 3.66. The van der Waals surface area contributed by atoms with Crippen molar-refractivity contribution in [3.8, 4) is 0 Å². The van der Waals surface area contributed by atoms with Crippen LogP contribution in [0, 0.1) is 3.57 Å². The van der Waals surface area contributed by atoms with Gasteiger partial charge in [0.2, 0.25) is 0 Å². The first-order valence-electron chi connectivity index (χ1n) is 2.71. The van der Waals surface area contributed by atoms with Gasteiger partial charge in [-0.1, -0.05) is 24.8 Å². The number of halogens is 1. The molecule has 0 unspecified atom stereocenters. The van der Waals surface area contributed by atoms with Gasteiger partial charge in [0.05, 0.1) is 0 Å². The zero-order chi connectivity index (χ0) is 6.69. The van der Waals surface area contributed by atoms with Crippen LogP contribution < -0.4 is 0 Å². The van der Waals surface area contributed by atoms with Crippen LogP contribution in [0.4, 0.5) is 0 Å². The van der Waals surface area contributed by atoms with E-state index in [4.69, 9.17) is 0 Å². The van der Waals surface area contributed by atoms with E-state index >= 15 is 0 Å². The topological polar surface area (TPSA) is 0 Å². The molecule has 0 saturated carbocycles. The highest BCUT2D eigenvalue weighted by Gasteiger charge is 1.83. The summed E-state index contributed by atoms with van der Waals surface area (Å²) in [6, 6.07) is 8.23. The van der Waals surface area contributed by atoms with Crippen LogP contribution in [-0.2, 0) is 0 Å². The maximum Gasteiger partial charge on any atom is 0.0130 e. The highest BCUT2D eigenvalue weighted by atomic mass is 127. The first-order chi connectivity index (χ1) is 4.33. The summed E-state index contributed by atoms with van der Waals surface area (Å²) in [4.78, 5) is 0. The number of hydrogen-bond donors (Lipinski definition) is 0. The van der Waals surface area contributed by atoms with Crippen LogP contribution in [0.1, 0.15) is 5.56 Å². The summed E-state index contributed by atoms with van der Waals surface area (Å²) < 4.78 is 1.26. The molecule has 0 aliphatic rings. The van der Waals surface area contributed by atoms with Crippen molar-refractivity contribution in [1.82, 2.24) is 0 Å². The van der Waals surface area contributed by atoms with Gasteiger partial charge in [-0.05, 0) is 40.3 Å². The third-order valence-corrected chi connectivity index (χ3v) is 1.82. The number of hydrogen-bond acceptors (Lipinski definition) is 0. The molecule has 0 amide bonds. The van der Waals surface area contributed by atoms with Crippen LogP contribution in [0.3, 0.4) is 0 Å². The molecule has 0 atom stereocenters. The average Bonchev–Trinajstić information content (AvgIpc) is 1.90. The largest absolute Gasteiger partial charge is 0.0985 e. The fourth-order valence-electron chi connectivity index (χ4n) is 0.599. The Kier molecular flexibility index (Phi) is 2.28. The Hall–Kier alpha value is -0.310. The minimum atomic E-state index is 1.18. The Balaban J connectivity index is 3.01. The zero-order valence-corrected chi connectivity index (χ0v) is 7.13. The van der Waals surface area contributed by atoms with Gasteiger partial charge >= 0.3 is 0 Å². The molecule has 0 spiro atoms. The normalized spacial score (nSPS) is 9.00. The van der Waals surface area contributed by atoms with Crippen LogP contribution in [0.5, 0.6) is 0 Å².